The summed E-state index contributed by atoms with van der Waals surface area (Å²) >= 11 is 0. The third-order valence-corrected chi connectivity index (χ3v) is 3.07. The minimum Gasteiger partial charge on any atom is -0.478 e. The molecule has 0 saturated carbocycles. The van der Waals surface area contributed by atoms with Gasteiger partial charge in [-0.05, 0) is 23.6 Å². The molecule has 0 aliphatic heterocycles. The number of aromatic carboxylic acids is 1. The lowest BCUT2D eigenvalue weighted by atomic mass is 10.0. The number of rotatable bonds is 3. The van der Waals surface area contributed by atoms with Gasteiger partial charge in [0.1, 0.15) is 4.90 Å². The monoisotopic (exact) mass is 244 g/mol. The van der Waals surface area contributed by atoms with Gasteiger partial charge in [-0.1, -0.05) is 19.9 Å². The van der Waals surface area contributed by atoms with Crippen molar-refractivity contribution >= 4 is 16.1 Å². The van der Waals surface area contributed by atoms with E-state index in [4.69, 9.17) is 9.66 Å². The van der Waals surface area contributed by atoms with Gasteiger partial charge in [-0.25, -0.2) is 4.79 Å². The summed E-state index contributed by atoms with van der Waals surface area (Å²) in [6.07, 6.45) is 0. The van der Waals surface area contributed by atoms with Crippen LogP contribution in [0.1, 0.15) is 35.7 Å². The van der Waals surface area contributed by atoms with Gasteiger partial charge in [0.05, 0.1) is 5.56 Å². The topological polar surface area (TPSA) is 91.7 Å². The zero-order chi connectivity index (χ0) is 12.5. The van der Waals surface area contributed by atoms with Crippen LogP contribution in [-0.4, -0.2) is 24.0 Å². The maximum Gasteiger partial charge on any atom is 0.337 e. The van der Waals surface area contributed by atoms with E-state index < -0.39 is 26.5 Å². The van der Waals surface area contributed by atoms with E-state index in [0.717, 1.165) is 0 Å². The molecule has 88 valence electrons. The summed E-state index contributed by atoms with van der Waals surface area (Å²) in [4.78, 5) is 10.2. The predicted molar refractivity (Wildman–Crippen MR) is 57.3 cm³/mol. The maximum absolute atomic E-state index is 11.0. The van der Waals surface area contributed by atoms with Crippen LogP contribution >= 0.6 is 0 Å². The molecule has 0 unspecified atom stereocenters. The first-order chi connectivity index (χ1) is 7.23. The molecule has 5 nitrogen and oxygen atoms in total. The molecule has 0 bridgehead atoms. The number of carbonyl (C=O) groups is 1. The van der Waals surface area contributed by atoms with Gasteiger partial charge in [0, 0.05) is 0 Å². The zero-order valence-electron chi connectivity index (χ0n) is 8.84. The van der Waals surface area contributed by atoms with Crippen molar-refractivity contribution in [3.63, 3.8) is 0 Å². The molecule has 1 aromatic carbocycles. The predicted octanol–water partition coefficient (Wildman–Crippen LogP) is 1.75. The fourth-order valence-electron chi connectivity index (χ4n) is 1.29. The van der Waals surface area contributed by atoms with Crippen molar-refractivity contribution in [2.24, 2.45) is 0 Å². The molecule has 0 heterocycles. The van der Waals surface area contributed by atoms with Crippen molar-refractivity contribution in [1.82, 2.24) is 0 Å². The van der Waals surface area contributed by atoms with Gasteiger partial charge in [-0.3, -0.25) is 4.55 Å². The Bertz CT molecular complexity index is 516. The van der Waals surface area contributed by atoms with Crippen LogP contribution in [-0.2, 0) is 10.1 Å². The van der Waals surface area contributed by atoms with Gasteiger partial charge < -0.3 is 5.11 Å². The highest BCUT2D eigenvalue weighted by atomic mass is 32.2. The van der Waals surface area contributed by atoms with E-state index >= 15 is 0 Å². The van der Waals surface area contributed by atoms with E-state index in [1.165, 1.54) is 18.2 Å². The molecule has 1 aromatic rings. The van der Waals surface area contributed by atoms with E-state index in [1.54, 1.807) is 0 Å². The molecule has 6 heteroatoms. The van der Waals surface area contributed by atoms with Crippen molar-refractivity contribution in [3.05, 3.63) is 29.3 Å². The number of carboxylic acids is 1. The Morgan fingerprint density at radius 1 is 1.31 bits per heavy atom. The fourth-order valence-corrected chi connectivity index (χ4v) is 2.01. The van der Waals surface area contributed by atoms with E-state index in [2.05, 4.69) is 0 Å². The molecule has 0 aliphatic carbocycles. The third-order valence-electron chi connectivity index (χ3n) is 2.18. The van der Waals surface area contributed by atoms with E-state index in [1.807, 2.05) is 13.8 Å². The normalized spacial score (nSPS) is 11.8. The van der Waals surface area contributed by atoms with Crippen molar-refractivity contribution in [3.8, 4) is 0 Å². The largest absolute Gasteiger partial charge is 0.478 e. The second-order valence-electron chi connectivity index (χ2n) is 3.69. The van der Waals surface area contributed by atoms with E-state index in [0.29, 0.717) is 5.56 Å². The Hall–Kier alpha value is -1.40. The van der Waals surface area contributed by atoms with Crippen molar-refractivity contribution < 1.29 is 22.9 Å². The first kappa shape index (κ1) is 12.7. The molecule has 0 saturated heterocycles. The zero-order valence-corrected chi connectivity index (χ0v) is 9.65. The second-order valence-corrected chi connectivity index (χ2v) is 5.08. The van der Waals surface area contributed by atoms with E-state index in [-0.39, 0.29) is 5.92 Å². The van der Waals surface area contributed by atoms with Gasteiger partial charge >= 0.3 is 5.97 Å². The lowest BCUT2D eigenvalue weighted by Crippen LogP contribution is -2.09. The van der Waals surface area contributed by atoms with Gasteiger partial charge in [0.15, 0.2) is 0 Å². The van der Waals surface area contributed by atoms with Crippen LogP contribution in [0.3, 0.4) is 0 Å². The molecule has 0 fully saturated rings. The molecular formula is C10H12O5S. The Morgan fingerprint density at radius 3 is 2.25 bits per heavy atom. The molecule has 0 spiro atoms. The molecule has 0 atom stereocenters. The van der Waals surface area contributed by atoms with Crippen molar-refractivity contribution in [2.75, 3.05) is 0 Å². The SMILES string of the molecule is CC(C)c1ccc(C(=O)O)c(S(=O)(=O)O)c1. The molecule has 1 rings (SSSR count). The Morgan fingerprint density at radius 2 is 1.88 bits per heavy atom. The summed E-state index contributed by atoms with van der Waals surface area (Å²) in [6, 6.07) is 3.90. The number of carboxylic acid groups (broad SMARTS) is 1. The summed E-state index contributed by atoms with van der Waals surface area (Å²) in [5.41, 5.74) is 0.226. The Kier molecular flexibility index (Phi) is 3.35. The molecule has 0 amide bonds. The summed E-state index contributed by atoms with van der Waals surface area (Å²) < 4.78 is 31.0. The molecule has 2 N–H and O–H groups in total. The summed E-state index contributed by atoms with van der Waals surface area (Å²) in [6.45, 7) is 3.67. The average Bonchev–Trinajstić information content (AvgIpc) is 2.15. The Labute approximate surface area is 93.5 Å². The van der Waals surface area contributed by atoms with Crippen LogP contribution in [0.25, 0.3) is 0 Å². The van der Waals surface area contributed by atoms with E-state index in [9.17, 15) is 13.2 Å². The summed E-state index contributed by atoms with van der Waals surface area (Å²) in [7, 11) is -4.52. The first-order valence-electron chi connectivity index (χ1n) is 4.58. The average molecular weight is 244 g/mol. The number of benzene rings is 1. The highest BCUT2D eigenvalue weighted by molar-refractivity contribution is 7.86. The molecule has 0 aromatic heterocycles. The molecular weight excluding hydrogens is 232 g/mol. The lowest BCUT2D eigenvalue weighted by molar-refractivity contribution is 0.0692. The van der Waals surface area contributed by atoms with Crippen LogP contribution in [0.2, 0.25) is 0 Å². The molecule has 0 radical (unpaired) electrons. The fraction of sp³-hybridized carbons (Fsp3) is 0.300. The minimum absolute atomic E-state index is 0.0448. The standard InChI is InChI=1S/C10H12O5S/c1-6(2)7-3-4-8(10(11)12)9(5-7)16(13,14)15/h3-6H,1-2H3,(H,11,12)(H,13,14,15). The minimum atomic E-state index is -4.52. The smallest absolute Gasteiger partial charge is 0.337 e. The van der Waals surface area contributed by atoms with Crippen LogP contribution < -0.4 is 0 Å². The van der Waals surface area contributed by atoms with Crippen molar-refractivity contribution in [2.45, 2.75) is 24.7 Å². The second kappa shape index (κ2) is 4.23. The van der Waals surface area contributed by atoms with Crippen molar-refractivity contribution in [1.29, 1.82) is 0 Å². The van der Waals surface area contributed by atoms with Crippen LogP contribution in [0.5, 0.6) is 0 Å². The number of hydrogen-bond acceptors (Lipinski definition) is 3. The number of hydrogen-bond donors (Lipinski definition) is 2. The first-order valence-corrected chi connectivity index (χ1v) is 6.02. The van der Waals surface area contributed by atoms with Crippen LogP contribution in [0, 0.1) is 0 Å². The van der Waals surface area contributed by atoms with Crippen LogP contribution in [0.15, 0.2) is 23.1 Å². The Balaban J connectivity index is 3.51. The van der Waals surface area contributed by atoms with Crippen LogP contribution in [0.4, 0.5) is 0 Å². The quantitative estimate of drug-likeness (QED) is 0.790. The summed E-state index contributed by atoms with van der Waals surface area (Å²) in [5.74, 6) is -1.34. The van der Waals surface area contributed by atoms with Gasteiger partial charge in [0.25, 0.3) is 10.1 Å². The summed E-state index contributed by atoms with van der Waals surface area (Å²) in [5, 5.41) is 8.78. The molecule has 0 aliphatic rings. The van der Waals surface area contributed by atoms with Gasteiger partial charge in [-0.2, -0.15) is 8.42 Å². The van der Waals surface area contributed by atoms with Gasteiger partial charge in [0.2, 0.25) is 0 Å². The third kappa shape index (κ3) is 2.59. The molecule has 16 heavy (non-hydrogen) atoms. The maximum atomic E-state index is 11.0. The highest BCUT2D eigenvalue weighted by Gasteiger charge is 2.21. The highest BCUT2D eigenvalue weighted by Crippen LogP contribution is 2.22. The van der Waals surface area contributed by atoms with Gasteiger partial charge in [-0.15, -0.1) is 0 Å². The lowest BCUT2D eigenvalue weighted by Gasteiger charge is -2.09.